The Balaban J connectivity index is 1.91. The molecular formula is C30H35Cl2N3O4S. The first kappa shape index (κ1) is 31.5. The van der Waals surface area contributed by atoms with Crippen molar-refractivity contribution in [1.29, 1.82) is 0 Å². The second kappa shape index (κ2) is 14.0. The number of halogens is 2. The molecule has 0 saturated carbocycles. The van der Waals surface area contributed by atoms with Gasteiger partial charge in [0.1, 0.15) is 6.04 Å². The Morgan fingerprint density at radius 3 is 2.15 bits per heavy atom. The first-order valence-electron chi connectivity index (χ1n) is 13.0. The number of carbonyl (C=O) groups is 2. The molecule has 0 bridgehead atoms. The van der Waals surface area contributed by atoms with Crippen LogP contribution in [0.1, 0.15) is 35.1 Å². The Morgan fingerprint density at radius 2 is 1.55 bits per heavy atom. The predicted molar refractivity (Wildman–Crippen MR) is 162 cm³/mol. The molecule has 3 aromatic rings. The van der Waals surface area contributed by atoms with Crippen molar-refractivity contribution in [1.82, 2.24) is 10.2 Å². The summed E-state index contributed by atoms with van der Waals surface area (Å²) in [7, 11) is -2.07. The molecule has 1 unspecified atom stereocenters. The van der Waals surface area contributed by atoms with E-state index in [0.29, 0.717) is 21.3 Å². The standard InChI is InChI=1S/C30H35Cl2N3O4S/c1-21-11-8-16-27(22(21)2)35(40(4,38)39)18-10-17-29(36)34(20-24-25(31)14-9-15-26(24)32)28(30(37)33-3)19-23-12-6-5-7-13-23/h5-9,11-16,28H,10,17-20H2,1-4H3,(H,33,37). The lowest BCUT2D eigenvalue weighted by molar-refractivity contribution is -0.141. The number of rotatable bonds is 12. The van der Waals surface area contributed by atoms with Gasteiger partial charge in [-0.15, -0.1) is 0 Å². The molecule has 0 aliphatic heterocycles. The predicted octanol–water partition coefficient (Wildman–Crippen LogP) is 5.54. The highest BCUT2D eigenvalue weighted by molar-refractivity contribution is 7.92. The molecule has 2 amide bonds. The maximum absolute atomic E-state index is 13.8. The van der Waals surface area contributed by atoms with Crippen LogP contribution in [0.3, 0.4) is 0 Å². The van der Waals surface area contributed by atoms with E-state index in [1.54, 1.807) is 24.3 Å². The summed E-state index contributed by atoms with van der Waals surface area (Å²) in [5.74, 6) is -0.636. The summed E-state index contributed by atoms with van der Waals surface area (Å²) in [5.41, 5.74) is 3.84. The molecule has 214 valence electrons. The summed E-state index contributed by atoms with van der Waals surface area (Å²) in [5, 5.41) is 3.45. The van der Waals surface area contributed by atoms with E-state index in [1.165, 1.54) is 16.3 Å². The van der Waals surface area contributed by atoms with E-state index < -0.39 is 16.1 Å². The van der Waals surface area contributed by atoms with Gasteiger partial charge in [-0.1, -0.05) is 71.7 Å². The number of sulfonamides is 1. The number of nitrogens with zero attached hydrogens (tertiary/aromatic N) is 2. The molecule has 0 fully saturated rings. The molecule has 7 nitrogen and oxygen atoms in total. The van der Waals surface area contributed by atoms with E-state index in [4.69, 9.17) is 23.2 Å². The van der Waals surface area contributed by atoms with Gasteiger partial charge in [0.25, 0.3) is 0 Å². The van der Waals surface area contributed by atoms with Crippen LogP contribution >= 0.6 is 23.2 Å². The Morgan fingerprint density at radius 1 is 0.925 bits per heavy atom. The third-order valence-electron chi connectivity index (χ3n) is 6.90. The zero-order valence-corrected chi connectivity index (χ0v) is 25.5. The van der Waals surface area contributed by atoms with Crippen LogP contribution in [-0.2, 0) is 32.6 Å². The average molecular weight is 605 g/mol. The van der Waals surface area contributed by atoms with Crippen LogP contribution in [0.4, 0.5) is 5.69 Å². The number of likely N-dealkylation sites (N-methyl/N-ethyl adjacent to an activating group) is 1. The van der Waals surface area contributed by atoms with Crippen molar-refractivity contribution >= 4 is 50.7 Å². The number of amides is 2. The van der Waals surface area contributed by atoms with Gasteiger partial charge < -0.3 is 10.2 Å². The van der Waals surface area contributed by atoms with Gasteiger partial charge in [-0.05, 0) is 55.2 Å². The van der Waals surface area contributed by atoms with E-state index in [1.807, 2.05) is 56.3 Å². The van der Waals surface area contributed by atoms with Gasteiger partial charge >= 0.3 is 0 Å². The SMILES string of the molecule is CNC(=O)C(Cc1ccccc1)N(Cc1c(Cl)cccc1Cl)C(=O)CCCN(c1cccc(C)c1C)S(C)(=O)=O. The lowest BCUT2D eigenvalue weighted by Gasteiger charge is -2.32. The molecule has 3 aromatic carbocycles. The van der Waals surface area contributed by atoms with Gasteiger partial charge in [-0.25, -0.2) is 8.42 Å². The number of carbonyl (C=O) groups excluding carboxylic acids is 2. The van der Waals surface area contributed by atoms with Gasteiger partial charge in [0.2, 0.25) is 21.8 Å². The molecule has 10 heteroatoms. The molecule has 0 aliphatic carbocycles. The highest BCUT2D eigenvalue weighted by Gasteiger charge is 2.31. The summed E-state index contributed by atoms with van der Waals surface area (Å²) >= 11 is 12.9. The van der Waals surface area contributed by atoms with E-state index in [9.17, 15) is 18.0 Å². The summed E-state index contributed by atoms with van der Waals surface area (Å²) in [6.45, 7) is 3.93. The highest BCUT2D eigenvalue weighted by Crippen LogP contribution is 2.28. The zero-order valence-electron chi connectivity index (χ0n) is 23.2. The minimum atomic E-state index is -3.60. The first-order valence-corrected chi connectivity index (χ1v) is 15.6. The monoisotopic (exact) mass is 603 g/mol. The second-order valence-electron chi connectivity index (χ2n) is 9.70. The van der Waals surface area contributed by atoms with Gasteiger partial charge in [0, 0.05) is 48.6 Å². The Bertz CT molecular complexity index is 1430. The van der Waals surface area contributed by atoms with Gasteiger partial charge in [0.15, 0.2) is 0 Å². The third kappa shape index (κ3) is 7.99. The number of hydrogen-bond donors (Lipinski definition) is 1. The Labute approximate surface area is 247 Å². The fourth-order valence-electron chi connectivity index (χ4n) is 4.56. The van der Waals surface area contributed by atoms with Crippen molar-refractivity contribution in [2.45, 2.75) is 45.7 Å². The summed E-state index contributed by atoms with van der Waals surface area (Å²) < 4.78 is 26.7. The van der Waals surface area contributed by atoms with E-state index >= 15 is 0 Å². The van der Waals surface area contributed by atoms with Crippen LogP contribution in [0.2, 0.25) is 10.0 Å². The van der Waals surface area contributed by atoms with Gasteiger partial charge in [0.05, 0.1) is 11.9 Å². The number of benzene rings is 3. The molecule has 0 aromatic heterocycles. The number of anilines is 1. The molecule has 0 heterocycles. The number of aryl methyl sites for hydroxylation is 1. The fourth-order valence-corrected chi connectivity index (χ4v) is 6.10. The Kier molecular flexibility index (Phi) is 11.0. The van der Waals surface area contributed by atoms with Crippen LogP contribution in [-0.4, -0.2) is 51.0 Å². The maximum atomic E-state index is 13.8. The minimum Gasteiger partial charge on any atom is -0.357 e. The molecule has 0 spiro atoms. The topological polar surface area (TPSA) is 86.8 Å². The fraction of sp³-hybridized carbons (Fsp3) is 0.333. The van der Waals surface area contributed by atoms with E-state index in [0.717, 1.165) is 22.9 Å². The molecule has 0 saturated heterocycles. The van der Waals surface area contributed by atoms with Crippen molar-refractivity contribution in [3.63, 3.8) is 0 Å². The largest absolute Gasteiger partial charge is 0.357 e. The molecule has 40 heavy (non-hydrogen) atoms. The lowest BCUT2D eigenvalue weighted by atomic mass is 10.0. The first-order chi connectivity index (χ1) is 18.9. The summed E-state index contributed by atoms with van der Waals surface area (Å²) in [4.78, 5) is 28.4. The molecule has 1 atom stereocenters. The molecule has 0 radical (unpaired) electrons. The van der Waals surface area contributed by atoms with Crippen LogP contribution < -0.4 is 9.62 Å². The molecule has 1 N–H and O–H groups in total. The summed E-state index contributed by atoms with van der Waals surface area (Å²) in [6, 6.07) is 19.2. The molecule has 0 aliphatic rings. The number of nitrogens with one attached hydrogen (secondary N) is 1. The Hall–Kier alpha value is -3.07. The summed E-state index contributed by atoms with van der Waals surface area (Å²) in [6.07, 6.45) is 1.70. The van der Waals surface area contributed by atoms with Crippen molar-refractivity contribution in [3.05, 3.63) is 99.0 Å². The van der Waals surface area contributed by atoms with Crippen molar-refractivity contribution in [2.75, 3.05) is 24.2 Å². The third-order valence-corrected chi connectivity index (χ3v) is 8.79. The lowest BCUT2D eigenvalue weighted by Crippen LogP contribution is -2.50. The quantitative estimate of drug-likeness (QED) is 0.294. The smallest absolute Gasteiger partial charge is 0.242 e. The number of hydrogen-bond acceptors (Lipinski definition) is 4. The zero-order chi connectivity index (χ0) is 29.4. The normalized spacial score (nSPS) is 12.1. The van der Waals surface area contributed by atoms with E-state index in [-0.39, 0.29) is 44.2 Å². The van der Waals surface area contributed by atoms with Crippen molar-refractivity contribution in [2.24, 2.45) is 0 Å². The average Bonchev–Trinajstić information content (AvgIpc) is 2.91. The second-order valence-corrected chi connectivity index (χ2v) is 12.4. The molecule has 3 rings (SSSR count). The van der Waals surface area contributed by atoms with Crippen molar-refractivity contribution in [3.8, 4) is 0 Å². The van der Waals surface area contributed by atoms with Crippen LogP contribution in [0.5, 0.6) is 0 Å². The maximum Gasteiger partial charge on any atom is 0.242 e. The van der Waals surface area contributed by atoms with E-state index in [2.05, 4.69) is 5.32 Å². The molecular weight excluding hydrogens is 569 g/mol. The van der Waals surface area contributed by atoms with Crippen LogP contribution in [0.15, 0.2) is 66.7 Å². The van der Waals surface area contributed by atoms with Gasteiger partial charge in [-0.2, -0.15) is 0 Å². The van der Waals surface area contributed by atoms with Crippen molar-refractivity contribution < 1.29 is 18.0 Å². The minimum absolute atomic E-state index is 0.0151. The van der Waals surface area contributed by atoms with Crippen LogP contribution in [0, 0.1) is 13.8 Å². The van der Waals surface area contributed by atoms with Gasteiger partial charge in [-0.3, -0.25) is 13.9 Å². The van der Waals surface area contributed by atoms with Crippen LogP contribution in [0.25, 0.3) is 0 Å². The highest BCUT2D eigenvalue weighted by atomic mass is 35.5.